The molecule has 25 heavy (non-hydrogen) atoms. The molecule has 0 aliphatic carbocycles. The Labute approximate surface area is 143 Å². The van der Waals surface area contributed by atoms with Crippen molar-refractivity contribution in [3.63, 3.8) is 0 Å². The highest BCUT2D eigenvalue weighted by Crippen LogP contribution is 2.30. The Bertz CT molecular complexity index is 892. The average molecular weight is 336 g/mol. The first-order valence-corrected chi connectivity index (χ1v) is 8.02. The van der Waals surface area contributed by atoms with Gasteiger partial charge in [-0.2, -0.15) is 0 Å². The molecule has 1 unspecified atom stereocenters. The fourth-order valence-electron chi connectivity index (χ4n) is 3.31. The fraction of sp³-hybridized carbons (Fsp3) is 0.222. The summed E-state index contributed by atoms with van der Waals surface area (Å²) in [4.78, 5) is 41.8. The molecule has 7 heteroatoms. The number of aromatic nitrogens is 1. The number of rotatable bonds is 2. The van der Waals surface area contributed by atoms with E-state index in [4.69, 9.17) is 5.73 Å². The molecule has 2 aliphatic heterocycles. The van der Waals surface area contributed by atoms with Gasteiger partial charge in [-0.1, -0.05) is 6.07 Å². The number of hydrogen-bond donors (Lipinski definition) is 2. The van der Waals surface area contributed by atoms with Crippen LogP contribution in [0.1, 0.15) is 28.8 Å². The molecule has 7 nitrogen and oxygen atoms in total. The zero-order chi connectivity index (χ0) is 17.6. The van der Waals surface area contributed by atoms with Crippen molar-refractivity contribution in [1.29, 1.82) is 0 Å². The van der Waals surface area contributed by atoms with Crippen molar-refractivity contribution in [2.75, 3.05) is 5.73 Å². The van der Waals surface area contributed by atoms with Crippen LogP contribution in [0.4, 0.5) is 5.69 Å². The quantitative estimate of drug-likeness (QED) is 0.799. The highest BCUT2D eigenvalue weighted by Gasteiger charge is 2.39. The van der Waals surface area contributed by atoms with Crippen molar-refractivity contribution in [3.05, 3.63) is 47.7 Å². The van der Waals surface area contributed by atoms with E-state index in [0.29, 0.717) is 24.2 Å². The molecule has 3 N–H and O–H groups in total. The summed E-state index contributed by atoms with van der Waals surface area (Å²) in [6.07, 6.45) is 2.19. The predicted octanol–water partition coefficient (Wildman–Crippen LogP) is 1.09. The number of benzene rings is 1. The largest absolute Gasteiger partial charge is 0.397 e. The summed E-state index contributed by atoms with van der Waals surface area (Å²) in [6.45, 7) is 0.350. The number of imide groups is 1. The van der Waals surface area contributed by atoms with Crippen molar-refractivity contribution >= 4 is 23.4 Å². The molecule has 3 amide bonds. The number of carbonyl (C=O) groups excluding carboxylic acids is 3. The van der Waals surface area contributed by atoms with Gasteiger partial charge in [0, 0.05) is 24.1 Å². The zero-order valence-electron chi connectivity index (χ0n) is 13.4. The van der Waals surface area contributed by atoms with Crippen molar-refractivity contribution in [1.82, 2.24) is 15.2 Å². The van der Waals surface area contributed by atoms with Gasteiger partial charge in [-0.05, 0) is 36.2 Å². The van der Waals surface area contributed by atoms with Gasteiger partial charge in [-0.25, -0.2) is 0 Å². The maximum absolute atomic E-state index is 12.6. The van der Waals surface area contributed by atoms with Crippen LogP contribution in [0.3, 0.4) is 0 Å². The van der Waals surface area contributed by atoms with E-state index in [-0.39, 0.29) is 18.2 Å². The van der Waals surface area contributed by atoms with Crippen LogP contribution < -0.4 is 11.1 Å². The van der Waals surface area contributed by atoms with Gasteiger partial charge in [0.05, 0.1) is 17.6 Å². The molecule has 2 aromatic rings. The number of nitrogen functional groups attached to an aromatic ring is 1. The zero-order valence-corrected chi connectivity index (χ0v) is 13.4. The molecular formula is C18H16N4O3. The van der Waals surface area contributed by atoms with Crippen LogP contribution in [-0.2, 0) is 16.1 Å². The Morgan fingerprint density at radius 2 is 2.00 bits per heavy atom. The smallest absolute Gasteiger partial charge is 0.255 e. The van der Waals surface area contributed by atoms with Crippen LogP contribution in [0, 0.1) is 0 Å². The van der Waals surface area contributed by atoms with Gasteiger partial charge in [0.25, 0.3) is 5.91 Å². The van der Waals surface area contributed by atoms with E-state index >= 15 is 0 Å². The number of nitrogens with two attached hydrogens (primary N) is 1. The number of nitrogens with one attached hydrogen (secondary N) is 1. The molecule has 0 radical (unpaired) electrons. The molecule has 1 aromatic carbocycles. The summed E-state index contributed by atoms with van der Waals surface area (Å²) in [5.41, 5.74) is 9.34. The van der Waals surface area contributed by atoms with Crippen LogP contribution >= 0.6 is 0 Å². The van der Waals surface area contributed by atoms with Gasteiger partial charge in [0.1, 0.15) is 6.04 Å². The Morgan fingerprint density at radius 3 is 2.72 bits per heavy atom. The van der Waals surface area contributed by atoms with E-state index in [1.807, 2.05) is 18.2 Å². The number of pyridine rings is 1. The van der Waals surface area contributed by atoms with E-state index in [1.165, 1.54) is 4.90 Å². The lowest BCUT2D eigenvalue weighted by Crippen LogP contribution is -2.52. The second-order valence-electron chi connectivity index (χ2n) is 6.25. The number of carbonyl (C=O) groups is 3. The third-order valence-electron chi connectivity index (χ3n) is 4.61. The monoisotopic (exact) mass is 336 g/mol. The number of fused-ring (bicyclic) bond motifs is 1. The van der Waals surface area contributed by atoms with Crippen molar-refractivity contribution in [2.24, 2.45) is 0 Å². The molecular weight excluding hydrogens is 320 g/mol. The van der Waals surface area contributed by atoms with Gasteiger partial charge < -0.3 is 10.6 Å². The standard InChI is InChI=1S/C18H16N4O3/c19-12-2-4-14(20-8-12)10-1-3-13-11(7-10)9-22(18(13)25)15-5-6-16(23)21-17(15)24/h1-4,7-8,15H,5-6,9,19H2,(H,21,23,24). The first-order chi connectivity index (χ1) is 12.0. The van der Waals surface area contributed by atoms with Crippen LogP contribution in [0.15, 0.2) is 36.5 Å². The van der Waals surface area contributed by atoms with Crippen LogP contribution in [0.25, 0.3) is 11.3 Å². The van der Waals surface area contributed by atoms with Crippen molar-refractivity contribution < 1.29 is 14.4 Å². The molecule has 3 heterocycles. The molecule has 2 aliphatic rings. The van der Waals surface area contributed by atoms with Gasteiger partial charge in [-0.15, -0.1) is 0 Å². The van der Waals surface area contributed by atoms with Crippen LogP contribution in [-0.4, -0.2) is 33.6 Å². The van der Waals surface area contributed by atoms with E-state index in [0.717, 1.165) is 16.8 Å². The number of nitrogens with zero attached hydrogens (tertiary/aromatic N) is 2. The molecule has 1 fully saturated rings. The van der Waals surface area contributed by atoms with Crippen molar-refractivity contribution in [2.45, 2.75) is 25.4 Å². The Morgan fingerprint density at radius 1 is 1.16 bits per heavy atom. The number of hydrogen-bond acceptors (Lipinski definition) is 5. The Balaban J connectivity index is 1.62. The first-order valence-electron chi connectivity index (χ1n) is 8.02. The van der Waals surface area contributed by atoms with Crippen LogP contribution in [0.2, 0.25) is 0 Å². The van der Waals surface area contributed by atoms with Crippen molar-refractivity contribution in [3.8, 4) is 11.3 Å². The molecule has 1 atom stereocenters. The third kappa shape index (κ3) is 2.63. The maximum atomic E-state index is 12.6. The lowest BCUT2D eigenvalue weighted by molar-refractivity contribution is -0.136. The molecule has 1 aromatic heterocycles. The fourth-order valence-corrected chi connectivity index (χ4v) is 3.31. The third-order valence-corrected chi connectivity index (χ3v) is 4.61. The summed E-state index contributed by atoms with van der Waals surface area (Å²) in [5.74, 6) is -0.874. The second-order valence-corrected chi connectivity index (χ2v) is 6.25. The van der Waals surface area contributed by atoms with Gasteiger partial charge >= 0.3 is 0 Å². The molecule has 0 bridgehead atoms. The summed E-state index contributed by atoms with van der Waals surface area (Å²) >= 11 is 0. The molecule has 0 spiro atoms. The highest BCUT2D eigenvalue weighted by atomic mass is 16.2. The minimum atomic E-state index is -0.601. The topological polar surface area (TPSA) is 105 Å². The Hall–Kier alpha value is -3.22. The molecule has 126 valence electrons. The van der Waals surface area contributed by atoms with Gasteiger partial charge in [0.15, 0.2) is 0 Å². The Kier molecular flexibility index (Phi) is 3.49. The van der Waals surface area contributed by atoms with Gasteiger partial charge in [-0.3, -0.25) is 24.7 Å². The lowest BCUT2D eigenvalue weighted by atomic mass is 10.0. The second kappa shape index (κ2) is 5.70. The summed E-state index contributed by atoms with van der Waals surface area (Å²) in [6, 6.07) is 8.51. The number of piperidine rings is 1. The summed E-state index contributed by atoms with van der Waals surface area (Å²) in [7, 11) is 0. The van der Waals surface area contributed by atoms with E-state index in [1.54, 1.807) is 18.3 Å². The molecule has 1 saturated heterocycles. The minimum Gasteiger partial charge on any atom is -0.397 e. The first kappa shape index (κ1) is 15.3. The SMILES string of the molecule is Nc1ccc(-c2ccc3c(c2)CN(C2CCC(=O)NC2=O)C3=O)nc1. The summed E-state index contributed by atoms with van der Waals surface area (Å²) in [5, 5.41) is 2.30. The van der Waals surface area contributed by atoms with Crippen LogP contribution in [0.5, 0.6) is 0 Å². The molecule has 4 rings (SSSR count). The van der Waals surface area contributed by atoms with E-state index in [9.17, 15) is 14.4 Å². The highest BCUT2D eigenvalue weighted by molar-refractivity contribution is 6.05. The number of amides is 3. The maximum Gasteiger partial charge on any atom is 0.255 e. The van der Waals surface area contributed by atoms with E-state index < -0.39 is 11.9 Å². The van der Waals surface area contributed by atoms with E-state index in [2.05, 4.69) is 10.3 Å². The predicted molar refractivity (Wildman–Crippen MR) is 90.1 cm³/mol. The summed E-state index contributed by atoms with van der Waals surface area (Å²) < 4.78 is 0. The molecule has 0 saturated carbocycles. The lowest BCUT2D eigenvalue weighted by Gasteiger charge is -2.29. The average Bonchev–Trinajstić information content (AvgIpc) is 2.92. The normalized spacial score (nSPS) is 19.8. The van der Waals surface area contributed by atoms with Gasteiger partial charge in [0.2, 0.25) is 11.8 Å². The minimum absolute atomic E-state index is 0.179. The number of anilines is 1.